The summed E-state index contributed by atoms with van der Waals surface area (Å²) in [5.41, 5.74) is 0. The summed E-state index contributed by atoms with van der Waals surface area (Å²) in [7, 11) is 0. The van der Waals surface area contributed by atoms with Crippen molar-refractivity contribution in [3.63, 3.8) is 0 Å². The molecule has 4 saturated carbocycles. The lowest BCUT2D eigenvalue weighted by Gasteiger charge is -2.51. The Labute approximate surface area is 165 Å². The van der Waals surface area contributed by atoms with Gasteiger partial charge in [0, 0.05) is 20.4 Å². The standard InChI is InChI=1S/C17H26O.C3H8O.2C2H6.H2/c18-13-6-9-15-12(10-13)5-8-16-14-3-1-2-11(14)4-7-17(15)16;1-3(2)4;2*1-2;/h11-12,14-17H,1-10H2;3-4H,1-2H3;2*1-2H3;1H/t11?,12-,14+,15?,16?,17+;;;;/m0..../s1. The summed E-state index contributed by atoms with van der Waals surface area (Å²) in [6, 6.07) is 0. The Balaban J connectivity index is 0.000000661. The van der Waals surface area contributed by atoms with E-state index in [1.165, 1.54) is 51.4 Å². The third kappa shape index (κ3) is 6.08. The summed E-state index contributed by atoms with van der Waals surface area (Å²) in [4.78, 5) is 11.7. The Morgan fingerprint density at radius 2 is 1.27 bits per heavy atom. The Morgan fingerprint density at radius 1 is 0.769 bits per heavy atom. The Kier molecular flexibility index (Phi) is 11.1. The van der Waals surface area contributed by atoms with E-state index in [1.54, 1.807) is 13.8 Å². The van der Waals surface area contributed by atoms with Crippen LogP contribution in [0.5, 0.6) is 0 Å². The third-order valence-electron chi connectivity index (χ3n) is 6.96. The van der Waals surface area contributed by atoms with Gasteiger partial charge in [-0.25, -0.2) is 0 Å². The zero-order valence-corrected chi connectivity index (χ0v) is 18.5. The second-order valence-corrected chi connectivity index (χ2v) is 8.64. The van der Waals surface area contributed by atoms with Crippen molar-refractivity contribution >= 4 is 5.78 Å². The van der Waals surface area contributed by atoms with Crippen LogP contribution in [0.3, 0.4) is 0 Å². The summed E-state index contributed by atoms with van der Waals surface area (Å²) in [6.45, 7) is 11.4. The molecule has 0 heterocycles. The zero-order valence-electron chi connectivity index (χ0n) is 18.5. The number of carbonyl (C=O) groups is 1. The summed E-state index contributed by atoms with van der Waals surface area (Å²) < 4.78 is 0. The number of hydrogen-bond acceptors (Lipinski definition) is 2. The lowest BCUT2D eigenvalue weighted by molar-refractivity contribution is -0.126. The van der Waals surface area contributed by atoms with Crippen molar-refractivity contribution in [2.24, 2.45) is 35.5 Å². The molecule has 26 heavy (non-hydrogen) atoms. The lowest BCUT2D eigenvalue weighted by Crippen LogP contribution is -2.44. The number of hydrogen-bond donors (Lipinski definition) is 1. The average Bonchev–Trinajstić information content (AvgIpc) is 3.13. The van der Waals surface area contributed by atoms with Gasteiger partial charge in [-0.15, -0.1) is 0 Å². The maximum absolute atomic E-state index is 11.7. The Bertz CT molecular complexity index is 393. The molecular weight excluding hydrogens is 320 g/mol. The van der Waals surface area contributed by atoms with E-state index in [9.17, 15) is 4.79 Å². The number of carbonyl (C=O) groups excluding carboxylic acids is 1. The molecule has 4 rings (SSSR count). The summed E-state index contributed by atoms with van der Waals surface area (Å²) in [5.74, 6) is 6.52. The largest absolute Gasteiger partial charge is 0.394 e. The van der Waals surface area contributed by atoms with Gasteiger partial charge < -0.3 is 5.11 Å². The van der Waals surface area contributed by atoms with Crippen LogP contribution in [0.4, 0.5) is 0 Å². The molecule has 2 nitrogen and oxygen atoms in total. The van der Waals surface area contributed by atoms with E-state index in [0.717, 1.165) is 48.3 Å². The fourth-order valence-electron chi connectivity index (χ4n) is 6.28. The minimum absolute atomic E-state index is 0. The Hall–Kier alpha value is -0.370. The van der Waals surface area contributed by atoms with Crippen molar-refractivity contribution in [1.82, 2.24) is 0 Å². The molecule has 0 amide bonds. The summed E-state index contributed by atoms with van der Waals surface area (Å²) in [5, 5.41) is 8.06. The van der Waals surface area contributed by atoms with Crippen molar-refractivity contribution in [1.29, 1.82) is 0 Å². The highest BCUT2D eigenvalue weighted by molar-refractivity contribution is 5.79. The minimum Gasteiger partial charge on any atom is -0.394 e. The first kappa shape index (κ1) is 23.7. The molecule has 0 spiro atoms. The van der Waals surface area contributed by atoms with Gasteiger partial charge in [-0.05, 0) is 87.9 Å². The van der Waals surface area contributed by atoms with Gasteiger partial charge >= 0.3 is 0 Å². The molecule has 0 bridgehead atoms. The predicted molar refractivity (Wildman–Crippen MR) is 114 cm³/mol. The first-order chi connectivity index (χ1) is 12.6. The van der Waals surface area contributed by atoms with Gasteiger partial charge in [-0.3, -0.25) is 4.79 Å². The molecule has 4 aliphatic carbocycles. The second-order valence-electron chi connectivity index (χ2n) is 8.64. The molecule has 156 valence electrons. The molecule has 4 aliphatic rings. The summed E-state index contributed by atoms with van der Waals surface area (Å²) >= 11 is 0. The molecule has 1 N–H and O–H groups in total. The highest BCUT2D eigenvalue weighted by Crippen LogP contribution is 2.57. The van der Waals surface area contributed by atoms with Gasteiger partial charge in [-0.2, -0.15) is 0 Å². The SMILES string of the molecule is CC.CC.CC(C)O.O=C1CCC2[C@@H](CCC3[C@@H]4CCCC4CC[C@H]23)C1.[HH]. The van der Waals surface area contributed by atoms with Gasteiger partial charge in [0.15, 0.2) is 0 Å². The number of ketones is 1. The molecule has 0 aromatic heterocycles. The maximum atomic E-state index is 11.7. The normalized spacial score (nSPS) is 37.5. The van der Waals surface area contributed by atoms with Crippen LogP contribution in [0.1, 0.15) is 107 Å². The highest BCUT2D eigenvalue weighted by Gasteiger charge is 2.49. The number of aliphatic hydroxyl groups is 1. The minimum atomic E-state index is -0.167. The van der Waals surface area contributed by atoms with E-state index < -0.39 is 0 Å². The molecule has 2 heteroatoms. The Morgan fingerprint density at radius 3 is 1.85 bits per heavy atom. The van der Waals surface area contributed by atoms with Crippen molar-refractivity contribution in [2.45, 2.75) is 112 Å². The fraction of sp³-hybridized carbons (Fsp3) is 0.958. The monoisotopic (exact) mass is 368 g/mol. The van der Waals surface area contributed by atoms with Crippen LogP contribution < -0.4 is 0 Å². The van der Waals surface area contributed by atoms with Crippen molar-refractivity contribution in [3.05, 3.63) is 0 Å². The number of aliphatic hydroxyl groups excluding tert-OH is 1. The van der Waals surface area contributed by atoms with Crippen LogP contribution in [0.15, 0.2) is 0 Å². The first-order valence-corrected chi connectivity index (χ1v) is 11.8. The van der Waals surface area contributed by atoms with Crippen LogP contribution >= 0.6 is 0 Å². The van der Waals surface area contributed by atoms with E-state index in [0.29, 0.717) is 5.78 Å². The summed E-state index contributed by atoms with van der Waals surface area (Å²) in [6.07, 6.45) is 13.3. The van der Waals surface area contributed by atoms with Gasteiger partial charge in [0.2, 0.25) is 0 Å². The van der Waals surface area contributed by atoms with E-state index >= 15 is 0 Å². The average molecular weight is 369 g/mol. The zero-order chi connectivity index (χ0) is 19.7. The van der Waals surface area contributed by atoms with Crippen LogP contribution in [-0.4, -0.2) is 17.0 Å². The molecule has 0 aromatic carbocycles. The molecule has 0 radical (unpaired) electrons. The molecular formula is C24H48O2. The third-order valence-corrected chi connectivity index (χ3v) is 6.96. The molecule has 3 unspecified atom stereocenters. The van der Waals surface area contributed by atoms with Crippen molar-refractivity contribution < 1.29 is 11.3 Å². The topological polar surface area (TPSA) is 37.3 Å². The molecule has 0 aliphatic heterocycles. The smallest absolute Gasteiger partial charge is 0.133 e. The van der Waals surface area contributed by atoms with Gasteiger partial charge in [0.25, 0.3) is 0 Å². The molecule has 6 atom stereocenters. The fourth-order valence-corrected chi connectivity index (χ4v) is 6.28. The first-order valence-electron chi connectivity index (χ1n) is 11.8. The lowest BCUT2D eigenvalue weighted by atomic mass is 9.54. The van der Waals surface area contributed by atoms with Crippen LogP contribution in [-0.2, 0) is 4.79 Å². The van der Waals surface area contributed by atoms with Crippen LogP contribution in [0.2, 0.25) is 0 Å². The quantitative estimate of drug-likeness (QED) is 0.505. The van der Waals surface area contributed by atoms with Gasteiger partial charge in [0.1, 0.15) is 5.78 Å². The molecule has 0 aromatic rings. The van der Waals surface area contributed by atoms with Crippen LogP contribution in [0.25, 0.3) is 0 Å². The van der Waals surface area contributed by atoms with E-state index in [1.807, 2.05) is 27.7 Å². The number of Topliss-reactive ketones (excluding diaryl/α,β-unsaturated/α-hetero) is 1. The van der Waals surface area contributed by atoms with Gasteiger partial charge in [-0.1, -0.05) is 40.5 Å². The van der Waals surface area contributed by atoms with E-state index in [4.69, 9.17) is 5.11 Å². The van der Waals surface area contributed by atoms with Crippen molar-refractivity contribution in [3.8, 4) is 0 Å². The highest BCUT2D eigenvalue weighted by atomic mass is 16.3. The molecule has 0 saturated heterocycles. The van der Waals surface area contributed by atoms with E-state index in [2.05, 4.69) is 0 Å². The van der Waals surface area contributed by atoms with Crippen molar-refractivity contribution in [2.75, 3.05) is 0 Å². The van der Waals surface area contributed by atoms with Gasteiger partial charge in [0.05, 0.1) is 0 Å². The van der Waals surface area contributed by atoms with Crippen LogP contribution in [0, 0.1) is 35.5 Å². The second kappa shape index (κ2) is 12.2. The molecule has 4 fully saturated rings. The number of fused-ring (bicyclic) bond motifs is 5. The van der Waals surface area contributed by atoms with E-state index in [-0.39, 0.29) is 7.53 Å². The number of rotatable bonds is 0. The predicted octanol–water partition coefficient (Wildman–Crippen LogP) is 6.89. The maximum Gasteiger partial charge on any atom is 0.133 e.